The first-order valence-electron chi connectivity index (χ1n) is 1.56. The van der Waals surface area contributed by atoms with Gasteiger partial charge in [-0.05, 0) is 12.5 Å². The van der Waals surface area contributed by atoms with Crippen LogP contribution in [0.1, 0.15) is 6.92 Å². The summed E-state index contributed by atoms with van der Waals surface area (Å²) in [5.74, 6) is -0.685. The summed E-state index contributed by atoms with van der Waals surface area (Å²) in [6.07, 6.45) is 0. The Morgan fingerprint density at radius 1 is 1.71 bits per heavy atom. The Balaban J connectivity index is 0. The van der Waals surface area contributed by atoms with Gasteiger partial charge in [0.2, 0.25) is 0 Å². The number of carbonyl (C=O) groups is 1. The van der Waals surface area contributed by atoms with Gasteiger partial charge >= 0.3 is 18.9 Å². The molecule has 34 valence electrons. The summed E-state index contributed by atoms with van der Waals surface area (Å²) in [4.78, 5) is 9.71. The molecule has 0 aliphatic carbocycles. The topological polar surface area (TPSA) is 40.9 Å². The molecule has 0 saturated heterocycles. The molecule has 1 amide bonds. The van der Waals surface area contributed by atoms with Crippen LogP contribution < -0.4 is 18.9 Å². The van der Waals surface area contributed by atoms with Crippen molar-refractivity contribution in [2.24, 2.45) is 0 Å². The first kappa shape index (κ1) is 9.93. The Morgan fingerprint density at radius 3 is 1.86 bits per heavy atom. The van der Waals surface area contributed by atoms with Gasteiger partial charge in [-0.1, -0.05) is 6.58 Å². The fourth-order valence-electron chi connectivity index (χ4n) is 0. The molecule has 0 saturated carbocycles. The molecule has 0 unspecified atom stereocenters. The largest absolute Gasteiger partial charge is 1.00 e. The summed E-state index contributed by atoms with van der Waals surface area (Å²) in [6.45, 7) is 4.73. The van der Waals surface area contributed by atoms with E-state index in [0.29, 0.717) is 0 Å². The van der Waals surface area contributed by atoms with Crippen molar-refractivity contribution in [3.8, 4) is 0 Å². The van der Waals surface area contributed by atoms with Crippen LogP contribution in [0.2, 0.25) is 0 Å². The van der Waals surface area contributed by atoms with E-state index in [0.717, 1.165) is 0 Å². The Hall–Kier alpha value is -0.193. The molecule has 3 heteroatoms. The third kappa shape index (κ3) is 5.81. The van der Waals surface area contributed by atoms with Crippen molar-refractivity contribution in [1.82, 2.24) is 0 Å². The Labute approximate surface area is 54.9 Å². The van der Waals surface area contributed by atoms with Crippen LogP contribution in [0.25, 0.3) is 5.73 Å². The molecular weight excluding hydrogens is 85.0 g/mol. The molecule has 0 aromatic heterocycles. The fraction of sp³-hybridized carbons (Fsp3) is 0.250. The minimum Gasteiger partial charge on any atom is -0.664 e. The van der Waals surface area contributed by atoms with E-state index in [2.05, 4.69) is 6.58 Å². The van der Waals surface area contributed by atoms with E-state index in [1.54, 1.807) is 0 Å². The predicted molar refractivity (Wildman–Crippen MR) is 24.1 cm³/mol. The summed E-state index contributed by atoms with van der Waals surface area (Å²) >= 11 is 0. The van der Waals surface area contributed by atoms with Gasteiger partial charge in [-0.15, -0.1) is 0 Å². The summed E-state index contributed by atoms with van der Waals surface area (Å²) in [5, 5.41) is 0. The number of amides is 1. The molecule has 0 aromatic carbocycles. The van der Waals surface area contributed by atoms with Crippen molar-refractivity contribution >= 4 is 5.91 Å². The SMILES string of the molecule is C=C(C)C([NH-])=O.[Li+]. The van der Waals surface area contributed by atoms with Gasteiger partial charge in [0.25, 0.3) is 0 Å². The third-order valence-electron chi connectivity index (χ3n) is 0.388. The van der Waals surface area contributed by atoms with Crippen molar-refractivity contribution in [3.05, 3.63) is 17.9 Å². The first-order chi connectivity index (χ1) is 2.64. The minimum absolute atomic E-state index is 0. The molecule has 0 atom stereocenters. The third-order valence-corrected chi connectivity index (χ3v) is 0.388. The normalized spacial score (nSPS) is 6.43. The number of hydrogen-bond donors (Lipinski definition) is 0. The zero-order chi connectivity index (χ0) is 5.15. The van der Waals surface area contributed by atoms with Crippen LogP contribution in [-0.4, -0.2) is 5.91 Å². The van der Waals surface area contributed by atoms with E-state index >= 15 is 0 Å². The fourth-order valence-corrected chi connectivity index (χ4v) is 0. The van der Waals surface area contributed by atoms with E-state index in [1.807, 2.05) is 0 Å². The number of hydrogen-bond acceptors (Lipinski definition) is 1. The number of nitrogens with one attached hydrogen (secondary N) is 1. The first-order valence-corrected chi connectivity index (χ1v) is 1.56. The zero-order valence-electron chi connectivity index (χ0n) is 4.62. The van der Waals surface area contributed by atoms with Crippen molar-refractivity contribution in [3.63, 3.8) is 0 Å². The van der Waals surface area contributed by atoms with Gasteiger partial charge in [0.1, 0.15) is 0 Å². The quantitative estimate of drug-likeness (QED) is 0.276. The van der Waals surface area contributed by atoms with Crippen LogP contribution in [0.3, 0.4) is 0 Å². The number of rotatable bonds is 1. The van der Waals surface area contributed by atoms with Gasteiger partial charge < -0.3 is 10.5 Å². The summed E-state index contributed by atoms with van der Waals surface area (Å²) < 4.78 is 0. The maximum atomic E-state index is 9.71. The molecule has 0 radical (unpaired) electrons. The molecule has 0 aromatic rings. The zero-order valence-corrected chi connectivity index (χ0v) is 4.62. The van der Waals surface area contributed by atoms with Crippen LogP contribution in [0, 0.1) is 0 Å². The van der Waals surface area contributed by atoms with E-state index in [1.165, 1.54) is 6.92 Å². The standard InChI is InChI=1S/C4H7NO.Li/c1-3(2)4(5)6;/h1H2,2H3,(H2,5,6);/q;+1/p-1. The molecule has 0 bridgehead atoms. The number of carbonyl (C=O) groups excluding carboxylic acids is 1. The molecule has 0 fully saturated rings. The predicted octanol–water partition coefficient (Wildman–Crippen LogP) is -1.85. The van der Waals surface area contributed by atoms with Gasteiger partial charge in [0.05, 0.1) is 5.91 Å². The van der Waals surface area contributed by atoms with Gasteiger partial charge in [0.15, 0.2) is 0 Å². The smallest absolute Gasteiger partial charge is 0.664 e. The molecule has 0 spiro atoms. The van der Waals surface area contributed by atoms with Crippen molar-refractivity contribution in [2.45, 2.75) is 6.92 Å². The Morgan fingerprint density at radius 2 is 1.86 bits per heavy atom. The van der Waals surface area contributed by atoms with Gasteiger partial charge in [0, 0.05) is 0 Å². The molecule has 2 nitrogen and oxygen atoms in total. The Bertz CT molecular complexity index is 77.7. The average molecular weight is 91.0 g/mol. The van der Waals surface area contributed by atoms with Crippen LogP contribution in [-0.2, 0) is 4.79 Å². The second-order valence-electron chi connectivity index (χ2n) is 1.11. The molecule has 0 aliphatic rings. The van der Waals surface area contributed by atoms with Crippen molar-refractivity contribution in [2.75, 3.05) is 0 Å². The average Bonchev–Trinajstić information content (AvgIpc) is 1.36. The van der Waals surface area contributed by atoms with Crippen LogP contribution in [0.15, 0.2) is 12.2 Å². The van der Waals surface area contributed by atoms with E-state index in [9.17, 15) is 4.79 Å². The van der Waals surface area contributed by atoms with Crippen molar-refractivity contribution in [1.29, 1.82) is 0 Å². The molecule has 7 heavy (non-hydrogen) atoms. The second kappa shape index (κ2) is 3.98. The van der Waals surface area contributed by atoms with E-state index in [-0.39, 0.29) is 24.4 Å². The second-order valence-corrected chi connectivity index (χ2v) is 1.11. The van der Waals surface area contributed by atoms with E-state index in [4.69, 9.17) is 5.73 Å². The van der Waals surface area contributed by atoms with E-state index < -0.39 is 5.91 Å². The summed E-state index contributed by atoms with van der Waals surface area (Å²) in [5.41, 5.74) is 6.58. The molecule has 0 aliphatic heterocycles. The summed E-state index contributed by atoms with van der Waals surface area (Å²) in [6, 6.07) is 0. The maximum Gasteiger partial charge on any atom is 1.00 e. The minimum atomic E-state index is -0.685. The van der Waals surface area contributed by atoms with Gasteiger partial charge in [-0.3, -0.25) is 0 Å². The molecule has 0 heterocycles. The van der Waals surface area contributed by atoms with Crippen LogP contribution in [0.5, 0.6) is 0 Å². The monoisotopic (exact) mass is 91.1 g/mol. The van der Waals surface area contributed by atoms with Crippen molar-refractivity contribution < 1.29 is 23.7 Å². The van der Waals surface area contributed by atoms with Gasteiger partial charge in [-0.2, -0.15) is 0 Å². The van der Waals surface area contributed by atoms with Crippen LogP contribution in [0.4, 0.5) is 0 Å². The Kier molecular flexibility index (Phi) is 5.65. The molecule has 0 rings (SSSR count). The van der Waals surface area contributed by atoms with Crippen LogP contribution >= 0.6 is 0 Å². The molecule has 1 N–H and O–H groups in total. The van der Waals surface area contributed by atoms with Gasteiger partial charge in [-0.25, -0.2) is 0 Å². The molecular formula is C4H6LiNO. The summed E-state index contributed by atoms with van der Waals surface area (Å²) in [7, 11) is 0. The maximum absolute atomic E-state index is 9.71.